The lowest BCUT2D eigenvalue weighted by Crippen LogP contribution is -2.31. The number of aromatic nitrogens is 2. The molecule has 0 spiro atoms. The summed E-state index contributed by atoms with van der Waals surface area (Å²) in [7, 11) is 0. The number of aromatic amines is 2. The van der Waals surface area contributed by atoms with E-state index in [-0.39, 0.29) is 23.7 Å². The van der Waals surface area contributed by atoms with Crippen molar-refractivity contribution in [3.05, 3.63) is 48.5 Å². The van der Waals surface area contributed by atoms with Crippen LogP contribution in [0.3, 0.4) is 0 Å². The van der Waals surface area contributed by atoms with Crippen LogP contribution in [0.1, 0.15) is 31.2 Å². The number of benzene rings is 1. The normalized spacial score (nSPS) is 15.5. The van der Waals surface area contributed by atoms with Crippen LogP contribution in [0.25, 0.3) is 11.0 Å². The average Bonchev–Trinajstić information content (AvgIpc) is 2.73. The molecule has 0 bridgehead atoms. The molecule has 2 aromatic rings. The van der Waals surface area contributed by atoms with Gasteiger partial charge in [-0.2, -0.15) is 0 Å². The third kappa shape index (κ3) is 3.05. The van der Waals surface area contributed by atoms with E-state index >= 15 is 0 Å². The molecule has 9 nitrogen and oxygen atoms in total. The molecule has 1 aromatic heterocycles. The number of carbonyl (C=O) groups is 1. The number of non-ortho nitro benzene ring substituents is 1. The van der Waals surface area contributed by atoms with Gasteiger partial charge in [0.1, 0.15) is 0 Å². The van der Waals surface area contributed by atoms with Gasteiger partial charge in [-0.1, -0.05) is 6.42 Å². The first-order valence-electron chi connectivity index (χ1n) is 7.67. The van der Waals surface area contributed by atoms with E-state index in [9.17, 15) is 24.5 Å². The van der Waals surface area contributed by atoms with Crippen molar-refractivity contribution in [2.75, 3.05) is 6.54 Å². The van der Waals surface area contributed by atoms with Gasteiger partial charge in [-0.3, -0.25) is 24.5 Å². The number of nitro groups is 1. The monoisotopic (exact) mass is 332 g/mol. The lowest BCUT2D eigenvalue weighted by Gasteiger charge is -2.21. The molecule has 1 aliphatic heterocycles. The molecule has 9 heteroatoms. The number of fused-ring (bicyclic) bond motifs is 1. The van der Waals surface area contributed by atoms with Crippen molar-refractivity contribution in [1.82, 2.24) is 14.9 Å². The number of hydrogen-bond acceptors (Lipinski definition) is 5. The number of nitrogens with zero attached hydrogens (tertiary/aromatic N) is 2. The summed E-state index contributed by atoms with van der Waals surface area (Å²) >= 11 is 0. The first-order valence-corrected chi connectivity index (χ1v) is 7.67. The fraction of sp³-hybridized carbons (Fsp3) is 0.400. The highest BCUT2D eigenvalue weighted by Gasteiger charge is 2.20. The number of carbonyl (C=O) groups excluding carboxylic acids is 1. The Balaban J connectivity index is 2.12. The van der Waals surface area contributed by atoms with Gasteiger partial charge in [-0.15, -0.1) is 0 Å². The van der Waals surface area contributed by atoms with Crippen molar-refractivity contribution < 1.29 is 9.72 Å². The summed E-state index contributed by atoms with van der Waals surface area (Å²) in [6.07, 6.45) is 3.10. The van der Waals surface area contributed by atoms with Crippen LogP contribution < -0.4 is 11.1 Å². The molecule has 24 heavy (non-hydrogen) atoms. The number of amides is 1. The zero-order valence-electron chi connectivity index (χ0n) is 12.8. The minimum Gasteiger partial charge on any atom is -0.338 e. The van der Waals surface area contributed by atoms with Crippen LogP contribution in [0.15, 0.2) is 21.7 Å². The highest BCUT2D eigenvalue weighted by molar-refractivity contribution is 5.82. The van der Waals surface area contributed by atoms with Gasteiger partial charge in [0, 0.05) is 37.2 Å². The van der Waals surface area contributed by atoms with Crippen molar-refractivity contribution >= 4 is 22.6 Å². The first kappa shape index (κ1) is 15.9. The number of likely N-dealkylation sites (tertiary alicyclic amines) is 1. The van der Waals surface area contributed by atoms with Crippen LogP contribution in [0.5, 0.6) is 0 Å². The predicted molar refractivity (Wildman–Crippen MR) is 85.7 cm³/mol. The Bertz CT molecular complexity index is 930. The topological polar surface area (TPSA) is 129 Å². The Morgan fingerprint density at radius 1 is 1.08 bits per heavy atom. The third-order valence-electron chi connectivity index (χ3n) is 4.14. The standard InChI is InChI=1S/C15H16N4O5/c20-12-4-2-1-3-5-18(12)8-9-6-10(19(23)24)7-11-13(9)17-15(22)14(21)16-11/h6-7H,1-5,8H2,(H,16,21)(H,17,22). The molecule has 1 aliphatic rings. The van der Waals surface area contributed by atoms with E-state index in [2.05, 4.69) is 9.97 Å². The van der Waals surface area contributed by atoms with E-state index in [1.807, 2.05) is 0 Å². The average molecular weight is 332 g/mol. The van der Waals surface area contributed by atoms with E-state index in [0.29, 0.717) is 24.0 Å². The van der Waals surface area contributed by atoms with Crippen molar-refractivity contribution in [2.24, 2.45) is 0 Å². The molecule has 126 valence electrons. The van der Waals surface area contributed by atoms with E-state index < -0.39 is 16.0 Å². The van der Waals surface area contributed by atoms with Gasteiger partial charge in [0.05, 0.1) is 16.0 Å². The van der Waals surface area contributed by atoms with Crippen molar-refractivity contribution in [1.29, 1.82) is 0 Å². The maximum atomic E-state index is 12.2. The number of H-pyrrole nitrogens is 2. The molecular formula is C15H16N4O5. The summed E-state index contributed by atoms with van der Waals surface area (Å²) in [4.78, 5) is 52.2. The minimum absolute atomic E-state index is 0.0149. The van der Waals surface area contributed by atoms with E-state index in [1.54, 1.807) is 4.90 Å². The zero-order valence-corrected chi connectivity index (χ0v) is 12.8. The third-order valence-corrected chi connectivity index (χ3v) is 4.14. The Hall–Kier alpha value is -2.97. The van der Waals surface area contributed by atoms with Crippen molar-refractivity contribution in [2.45, 2.75) is 32.2 Å². The molecule has 1 amide bonds. The van der Waals surface area contributed by atoms with Crippen LogP contribution in [0.4, 0.5) is 5.69 Å². The van der Waals surface area contributed by atoms with Crippen molar-refractivity contribution in [3.8, 4) is 0 Å². The Labute approximate surface area is 135 Å². The molecule has 1 aromatic carbocycles. The number of hydrogen-bond donors (Lipinski definition) is 2. The van der Waals surface area contributed by atoms with E-state index in [1.165, 1.54) is 12.1 Å². The first-order chi connectivity index (χ1) is 11.5. The summed E-state index contributed by atoms with van der Waals surface area (Å²) in [5, 5.41) is 11.1. The zero-order chi connectivity index (χ0) is 17.3. The summed E-state index contributed by atoms with van der Waals surface area (Å²) in [5.41, 5.74) is -1.00. The highest BCUT2D eigenvalue weighted by atomic mass is 16.6. The Morgan fingerprint density at radius 2 is 1.83 bits per heavy atom. The fourth-order valence-corrected chi connectivity index (χ4v) is 2.92. The molecule has 1 fully saturated rings. The quantitative estimate of drug-likeness (QED) is 0.492. The highest BCUT2D eigenvalue weighted by Crippen LogP contribution is 2.24. The van der Waals surface area contributed by atoms with Gasteiger partial charge in [0.25, 0.3) is 5.69 Å². The predicted octanol–water partition coefficient (Wildman–Crippen LogP) is 1.03. The second-order valence-electron chi connectivity index (χ2n) is 5.82. The molecule has 2 N–H and O–H groups in total. The Kier molecular flexibility index (Phi) is 4.15. The molecule has 0 atom stereocenters. The number of rotatable bonds is 3. The summed E-state index contributed by atoms with van der Waals surface area (Å²) in [5.74, 6) is -0.0149. The molecule has 3 rings (SSSR count). The van der Waals surface area contributed by atoms with Crippen LogP contribution in [-0.4, -0.2) is 32.2 Å². The maximum absolute atomic E-state index is 12.2. The molecule has 0 aliphatic carbocycles. The molecule has 2 heterocycles. The fourth-order valence-electron chi connectivity index (χ4n) is 2.92. The van der Waals surface area contributed by atoms with Crippen LogP contribution in [-0.2, 0) is 11.3 Å². The van der Waals surface area contributed by atoms with E-state index in [0.717, 1.165) is 19.3 Å². The number of nitrogens with one attached hydrogen (secondary N) is 2. The Morgan fingerprint density at radius 3 is 2.58 bits per heavy atom. The van der Waals surface area contributed by atoms with Gasteiger partial charge in [-0.25, -0.2) is 0 Å². The molecule has 1 saturated heterocycles. The van der Waals surface area contributed by atoms with Gasteiger partial charge in [0.2, 0.25) is 5.91 Å². The van der Waals surface area contributed by atoms with E-state index in [4.69, 9.17) is 0 Å². The summed E-state index contributed by atoms with van der Waals surface area (Å²) in [6.45, 7) is 0.718. The largest absolute Gasteiger partial charge is 0.338 e. The van der Waals surface area contributed by atoms with Gasteiger partial charge in [-0.05, 0) is 12.8 Å². The molecule has 0 radical (unpaired) electrons. The second-order valence-corrected chi connectivity index (χ2v) is 5.82. The lowest BCUT2D eigenvalue weighted by atomic mass is 10.1. The van der Waals surface area contributed by atoms with Gasteiger partial charge < -0.3 is 14.9 Å². The molecule has 0 saturated carbocycles. The van der Waals surface area contributed by atoms with Crippen LogP contribution in [0, 0.1) is 10.1 Å². The van der Waals surface area contributed by atoms with Gasteiger partial charge in [0.15, 0.2) is 0 Å². The van der Waals surface area contributed by atoms with Crippen LogP contribution in [0.2, 0.25) is 0 Å². The lowest BCUT2D eigenvalue weighted by molar-refractivity contribution is -0.384. The van der Waals surface area contributed by atoms with Crippen molar-refractivity contribution in [3.63, 3.8) is 0 Å². The minimum atomic E-state index is -0.875. The number of nitro benzene ring substituents is 1. The molecule has 0 unspecified atom stereocenters. The summed E-state index contributed by atoms with van der Waals surface area (Å²) in [6, 6.07) is 2.52. The maximum Gasteiger partial charge on any atom is 0.314 e. The van der Waals surface area contributed by atoms with Crippen LogP contribution >= 0.6 is 0 Å². The SMILES string of the molecule is O=C1CCCCCN1Cc1cc([N+](=O)[O-])cc2[nH]c(=O)c(=O)[nH]c12. The smallest absolute Gasteiger partial charge is 0.314 e. The summed E-state index contributed by atoms with van der Waals surface area (Å²) < 4.78 is 0. The molecular weight excluding hydrogens is 316 g/mol. The second kappa shape index (κ2) is 6.26. The van der Waals surface area contributed by atoms with Gasteiger partial charge >= 0.3 is 11.1 Å².